The van der Waals surface area contributed by atoms with Crippen molar-refractivity contribution in [3.8, 4) is 5.88 Å². The van der Waals surface area contributed by atoms with Crippen LogP contribution in [-0.2, 0) is 4.74 Å². The number of anilines is 1. The van der Waals surface area contributed by atoms with E-state index < -0.39 is 0 Å². The Morgan fingerprint density at radius 2 is 2.26 bits per heavy atom. The lowest BCUT2D eigenvalue weighted by atomic mass is 10.1. The van der Waals surface area contributed by atoms with E-state index in [1.807, 2.05) is 12.3 Å². The van der Waals surface area contributed by atoms with Crippen molar-refractivity contribution in [1.82, 2.24) is 10.3 Å². The lowest BCUT2D eigenvalue weighted by molar-refractivity contribution is 0.165. The molecule has 104 valence electrons. The molecule has 0 amide bonds. The Labute approximate surface area is 113 Å². The van der Waals surface area contributed by atoms with Gasteiger partial charge in [0.15, 0.2) is 0 Å². The summed E-state index contributed by atoms with van der Waals surface area (Å²) in [5.74, 6) is 1.24. The molecule has 2 aliphatic rings. The monoisotopic (exact) mass is 263 g/mol. The zero-order valence-corrected chi connectivity index (χ0v) is 11.2. The molecule has 0 spiro atoms. The second-order valence-corrected chi connectivity index (χ2v) is 5.13. The summed E-state index contributed by atoms with van der Waals surface area (Å²) in [4.78, 5) is 6.74. The molecule has 1 N–H and O–H groups in total. The minimum absolute atomic E-state index is 0.523. The Kier molecular flexibility index (Phi) is 4.15. The zero-order chi connectivity index (χ0) is 12.9. The molecule has 19 heavy (non-hydrogen) atoms. The molecule has 2 fully saturated rings. The summed E-state index contributed by atoms with van der Waals surface area (Å²) in [6.45, 7) is 6.56. The SMILES string of the molecule is c1cc(OCC2CCOC2)ncc1N1CCNCC1. The van der Waals surface area contributed by atoms with Gasteiger partial charge in [-0.1, -0.05) is 0 Å². The normalized spacial score (nSPS) is 23.6. The fourth-order valence-electron chi connectivity index (χ4n) is 2.49. The van der Waals surface area contributed by atoms with Crippen LogP contribution in [0.25, 0.3) is 0 Å². The molecule has 3 rings (SSSR count). The van der Waals surface area contributed by atoms with Crippen LogP contribution in [0.4, 0.5) is 5.69 Å². The number of aromatic nitrogens is 1. The fraction of sp³-hybridized carbons (Fsp3) is 0.643. The highest BCUT2D eigenvalue weighted by Crippen LogP contribution is 2.18. The number of rotatable bonds is 4. The van der Waals surface area contributed by atoms with Crippen LogP contribution in [0.15, 0.2) is 18.3 Å². The van der Waals surface area contributed by atoms with Crippen LogP contribution in [0, 0.1) is 5.92 Å². The summed E-state index contributed by atoms with van der Waals surface area (Å²) in [7, 11) is 0. The third-order valence-electron chi connectivity index (χ3n) is 3.69. The van der Waals surface area contributed by atoms with E-state index in [0.717, 1.165) is 45.8 Å². The van der Waals surface area contributed by atoms with Gasteiger partial charge >= 0.3 is 0 Å². The fourth-order valence-corrected chi connectivity index (χ4v) is 2.49. The Balaban J connectivity index is 1.52. The minimum atomic E-state index is 0.523. The first-order valence-corrected chi connectivity index (χ1v) is 7.04. The van der Waals surface area contributed by atoms with Gasteiger partial charge in [0.05, 0.1) is 25.1 Å². The molecule has 1 unspecified atom stereocenters. The molecule has 5 heteroatoms. The van der Waals surface area contributed by atoms with Crippen LogP contribution < -0.4 is 15.0 Å². The zero-order valence-electron chi connectivity index (χ0n) is 11.2. The van der Waals surface area contributed by atoms with Crippen molar-refractivity contribution in [3.63, 3.8) is 0 Å². The highest BCUT2D eigenvalue weighted by Gasteiger charge is 2.16. The molecule has 2 saturated heterocycles. The van der Waals surface area contributed by atoms with Crippen molar-refractivity contribution >= 4 is 5.69 Å². The van der Waals surface area contributed by atoms with E-state index in [-0.39, 0.29) is 0 Å². The van der Waals surface area contributed by atoms with E-state index in [4.69, 9.17) is 9.47 Å². The Bertz CT molecular complexity index is 384. The van der Waals surface area contributed by atoms with Gasteiger partial charge in [0.25, 0.3) is 0 Å². The van der Waals surface area contributed by atoms with Crippen LogP contribution in [0.1, 0.15) is 6.42 Å². The van der Waals surface area contributed by atoms with E-state index >= 15 is 0 Å². The standard InChI is InChI=1S/C14H21N3O2/c1-2-14(19-11-12-3-8-18-10-12)16-9-13(1)17-6-4-15-5-7-17/h1-2,9,12,15H,3-8,10-11H2. The number of piperazine rings is 1. The number of pyridine rings is 1. The third kappa shape index (κ3) is 3.36. The second-order valence-electron chi connectivity index (χ2n) is 5.13. The number of hydrogen-bond acceptors (Lipinski definition) is 5. The van der Waals surface area contributed by atoms with E-state index in [1.54, 1.807) is 0 Å². The number of ether oxygens (including phenoxy) is 2. The van der Waals surface area contributed by atoms with Gasteiger partial charge in [0, 0.05) is 44.8 Å². The number of nitrogens with one attached hydrogen (secondary N) is 1. The van der Waals surface area contributed by atoms with Crippen LogP contribution in [0.3, 0.4) is 0 Å². The maximum Gasteiger partial charge on any atom is 0.213 e. The largest absolute Gasteiger partial charge is 0.477 e. The van der Waals surface area contributed by atoms with Crippen molar-refractivity contribution in [2.45, 2.75) is 6.42 Å². The molecule has 1 atom stereocenters. The lowest BCUT2D eigenvalue weighted by Crippen LogP contribution is -2.43. The van der Waals surface area contributed by atoms with E-state index in [0.29, 0.717) is 18.4 Å². The minimum Gasteiger partial charge on any atom is -0.477 e. The van der Waals surface area contributed by atoms with Crippen molar-refractivity contribution in [3.05, 3.63) is 18.3 Å². The van der Waals surface area contributed by atoms with Crippen molar-refractivity contribution < 1.29 is 9.47 Å². The molecule has 3 heterocycles. The van der Waals surface area contributed by atoms with E-state index in [9.17, 15) is 0 Å². The van der Waals surface area contributed by atoms with Crippen LogP contribution in [0.5, 0.6) is 5.88 Å². The smallest absolute Gasteiger partial charge is 0.213 e. The Morgan fingerprint density at radius 1 is 1.37 bits per heavy atom. The van der Waals surface area contributed by atoms with Gasteiger partial charge < -0.3 is 19.7 Å². The highest BCUT2D eigenvalue weighted by atomic mass is 16.5. The Hall–Kier alpha value is -1.33. The first-order chi connectivity index (χ1) is 9.42. The molecule has 0 radical (unpaired) electrons. The predicted octanol–water partition coefficient (Wildman–Crippen LogP) is 0.906. The van der Waals surface area contributed by atoms with Crippen molar-refractivity contribution in [1.29, 1.82) is 0 Å². The van der Waals surface area contributed by atoms with Gasteiger partial charge in [-0.15, -0.1) is 0 Å². The average molecular weight is 263 g/mol. The maximum absolute atomic E-state index is 5.71. The first-order valence-electron chi connectivity index (χ1n) is 7.04. The molecule has 1 aromatic rings. The van der Waals surface area contributed by atoms with Crippen molar-refractivity contribution in [2.75, 3.05) is 50.9 Å². The number of nitrogens with zero attached hydrogens (tertiary/aromatic N) is 2. The van der Waals surface area contributed by atoms with Crippen molar-refractivity contribution in [2.24, 2.45) is 5.92 Å². The molecule has 0 bridgehead atoms. The van der Waals surface area contributed by atoms with Crippen LogP contribution in [0.2, 0.25) is 0 Å². The molecular formula is C14H21N3O2. The van der Waals surface area contributed by atoms with Gasteiger partial charge in [-0.25, -0.2) is 4.98 Å². The third-order valence-corrected chi connectivity index (χ3v) is 3.69. The van der Waals surface area contributed by atoms with Gasteiger partial charge in [0.2, 0.25) is 5.88 Å². The molecule has 2 aliphatic heterocycles. The summed E-state index contributed by atoms with van der Waals surface area (Å²) in [6, 6.07) is 4.06. The summed E-state index contributed by atoms with van der Waals surface area (Å²) >= 11 is 0. The topological polar surface area (TPSA) is 46.6 Å². The lowest BCUT2D eigenvalue weighted by Gasteiger charge is -2.29. The maximum atomic E-state index is 5.71. The summed E-state index contributed by atoms with van der Waals surface area (Å²) < 4.78 is 11.0. The number of hydrogen-bond donors (Lipinski definition) is 1. The van der Waals surface area contributed by atoms with Crippen LogP contribution in [-0.4, -0.2) is 51.0 Å². The highest BCUT2D eigenvalue weighted by molar-refractivity contribution is 5.45. The van der Waals surface area contributed by atoms with E-state index in [2.05, 4.69) is 21.3 Å². The first kappa shape index (κ1) is 12.7. The summed E-state index contributed by atoms with van der Waals surface area (Å²) in [6.07, 6.45) is 3.00. The average Bonchev–Trinajstić information content (AvgIpc) is 3.00. The molecule has 0 saturated carbocycles. The van der Waals surface area contributed by atoms with Gasteiger partial charge in [0.1, 0.15) is 0 Å². The molecule has 5 nitrogen and oxygen atoms in total. The predicted molar refractivity (Wildman–Crippen MR) is 73.7 cm³/mol. The van der Waals surface area contributed by atoms with E-state index in [1.165, 1.54) is 5.69 Å². The van der Waals surface area contributed by atoms with Gasteiger partial charge in [-0.05, 0) is 12.5 Å². The van der Waals surface area contributed by atoms with Gasteiger partial charge in [-0.3, -0.25) is 0 Å². The van der Waals surface area contributed by atoms with Crippen LogP contribution >= 0.6 is 0 Å². The molecule has 0 aliphatic carbocycles. The summed E-state index contributed by atoms with van der Waals surface area (Å²) in [5, 5.41) is 3.35. The molecule has 0 aromatic carbocycles. The van der Waals surface area contributed by atoms with Gasteiger partial charge in [-0.2, -0.15) is 0 Å². The summed E-state index contributed by atoms with van der Waals surface area (Å²) in [5.41, 5.74) is 1.18. The molecule has 1 aromatic heterocycles. The Morgan fingerprint density at radius 3 is 2.95 bits per heavy atom. The molecular weight excluding hydrogens is 242 g/mol. The second kappa shape index (κ2) is 6.21. The quantitative estimate of drug-likeness (QED) is 0.875.